The number of halogens is 2. The second-order valence-electron chi connectivity index (χ2n) is 0.943. The smallest absolute Gasteiger partial charge is 0.753 e. The van der Waals surface area contributed by atoms with Gasteiger partial charge in [0.2, 0.25) is 0 Å². The Hall–Kier alpha value is 1.39. The summed E-state index contributed by atoms with van der Waals surface area (Å²) in [5.41, 5.74) is 0. The van der Waals surface area contributed by atoms with E-state index in [-0.39, 0.29) is 37.7 Å². The third-order valence-electron chi connectivity index (χ3n) is 0.195. The molecule has 5 nitrogen and oxygen atoms in total. The SMILES string of the molecule is O=P([O-])(F)OP(=O)([O-])F.[Li+].[Li+]. The van der Waals surface area contributed by atoms with Crippen LogP contribution >= 0.6 is 15.8 Å². The van der Waals surface area contributed by atoms with Crippen LogP contribution in [0, 0.1) is 0 Å². The molecule has 0 aromatic carbocycles. The van der Waals surface area contributed by atoms with E-state index < -0.39 is 15.8 Å². The zero-order chi connectivity index (χ0) is 7.71. The molecule has 56 valence electrons. The van der Waals surface area contributed by atoms with Gasteiger partial charge < -0.3 is 9.79 Å². The van der Waals surface area contributed by atoms with E-state index in [2.05, 4.69) is 4.31 Å². The predicted molar refractivity (Wildman–Crippen MR) is 18.5 cm³/mol. The van der Waals surface area contributed by atoms with Crippen LogP contribution in [-0.4, -0.2) is 0 Å². The van der Waals surface area contributed by atoms with Gasteiger partial charge in [-0.1, -0.05) is 0 Å². The zero-order valence-corrected chi connectivity index (χ0v) is 7.48. The summed E-state index contributed by atoms with van der Waals surface area (Å²) in [6, 6.07) is 0. The van der Waals surface area contributed by atoms with Crippen molar-refractivity contribution >= 4 is 15.8 Å². The fourth-order valence-electron chi connectivity index (χ4n) is 0.116. The standard InChI is InChI=1S/F2H2O5P2.2Li/c1-8(3,4)7-9(2,5)6;;/h(H,3,4)(H,5,6);;/q;2*+1/p-2. The van der Waals surface area contributed by atoms with E-state index in [0.717, 1.165) is 0 Å². The summed E-state index contributed by atoms with van der Waals surface area (Å²) in [4.78, 5) is 18.3. The molecule has 0 aliphatic rings. The monoisotopic (exact) mass is 194 g/mol. The van der Waals surface area contributed by atoms with Gasteiger partial charge in [0, 0.05) is 0 Å². The predicted octanol–water partition coefficient (Wildman–Crippen LogP) is -6.11. The van der Waals surface area contributed by atoms with E-state index in [0.29, 0.717) is 0 Å². The quantitative estimate of drug-likeness (QED) is 0.322. The third kappa shape index (κ3) is 18.4. The van der Waals surface area contributed by atoms with Crippen LogP contribution in [0.25, 0.3) is 0 Å². The third-order valence-corrected chi connectivity index (χ3v) is 1.76. The van der Waals surface area contributed by atoms with E-state index >= 15 is 0 Å². The van der Waals surface area contributed by atoms with Crippen LogP contribution in [0.1, 0.15) is 0 Å². The molecule has 0 aliphatic heterocycles. The summed E-state index contributed by atoms with van der Waals surface area (Å²) in [6.07, 6.45) is 0. The molecule has 0 heterocycles. The molecule has 0 amide bonds. The summed E-state index contributed by atoms with van der Waals surface area (Å²) >= 11 is 0. The molecule has 0 spiro atoms. The minimum atomic E-state index is -5.99. The Morgan fingerprint density at radius 2 is 1.18 bits per heavy atom. The Labute approximate surface area is 85.2 Å². The van der Waals surface area contributed by atoms with Gasteiger partial charge in [0.25, 0.3) is 0 Å². The molecule has 0 aromatic rings. The van der Waals surface area contributed by atoms with Gasteiger partial charge in [0.15, 0.2) is 0 Å². The fourth-order valence-corrected chi connectivity index (χ4v) is 1.05. The van der Waals surface area contributed by atoms with Crippen molar-refractivity contribution in [2.45, 2.75) is 0 Å². The van der Waals surface area contributed by atoms with Crippen molar-refractivity contribution in [2.75, 3.05) is 0 Å². The van der Waals surface area contributed by atoms with Crippen LogP contribution in [0.15, 0.2) is 0 Å². The molecule has 0 aliphatic carbocycles. The van der Waals surface area contributed by atoms with Crippen LogP contribution in [0.2, 0.25) is 0 Å². The second-order valence-corrected chi connectivity index (χ2v) is 3.32. The normalized spacial score (nSPS) is 20.0. The Morgan fingerprint density at radius 3 is 1.18 bits per heavy atom. The fraction of sp³-hybridized carbons (Fsp3) is 0. The largest absolute Gasteiger partial charge is 1.00 e. The number of rotatable bonds is 2. The molecule has 0 saturated carbocycles. The molecule has 0 aromatic heterocycles. The van der Waals surface area contributed by atoms with Gasteiger partial charge in [-0.3, -0.25) is 9.13 Å². The van der Waals surface area contributed by atoms with Crippen molar-refractivity contribution < 1.29 is 69.3 Å². The summed E-state index contributed by atoms with van der Waals surface area (Å²) in [6.45, 7) is 0. The van der Waals surface area contributed by atoms with Gasteiger partial charge in [-0.15, -0.1) is 0 Å². The van der Waals surface area contributed by atoms with Crippen molar-refractivity contribution in [1.29, 1.82) is 0 Å². The molecule has 0 N–H and O–H groups in total. The van der Waals surface area contributed by atoms with Gasteiger partial charge >= 0.3 is 53.5 Å². The topological polar surface area (TPSA) is 89.5 Å². The molecular weight excluding hydrogens is 194 g/mol. The van der Waals surface area contributed by atoms with Gasteiger partial charge in [0.1, 0.15) is 0 Å². The van der Waals surface area contributed by atoms with Crippen molar-refractivity contribution in [2.24, 2.45) is 0 Å². The maximum atomic E-state index is 11.1. The minimum absolute atomic E-state index is 0. The molecule has 2 unspecified atom stereocenters. The van der Waals surface area contributed by atoms with Gasteiger partial charge in [0.05, 0.1) is 0 Å². The van der Waals surface area contributed by atoms with E-state index in [1.165, 1.54) is 0 Å². The minimum Gasteiger partial charge on any atom is -0.753 e. The molecule has 0 saturated heterocycles. The maximum absolute atomic E-state index is 11.1. The summed E-state index contributed by atoms with van der Waals surface area (Å²) in [5, 5.41) is 0. The zero-order valence-electron chi connectivity index (χ0n) is 5.69. The van der Waals surface area contributed by atoms with Crippen LogP contribution in [-0.2, 0) is 13.4 Å². The first kappa shape index (κ1) is 18.2. The first-order chi connectivity index (χ1) is 3.71. The molecule has 11 heavy (non-hydrogen) atoms. The molecule has 11 heteroatoms. The summed E-state index contributed by atoms with van der Waals surface area (Å²) < 4.78 is 42.7. The number of hydrogen-bond donors (Lipinski definition) is 0. The molecule has 0 bridgehead atoms. The van der Waals surface area contributed by atoms with E-state index in [1.54, 1.807) is 0 Å². The van der Waals surface area contributed by atoms with Crippen LogP contribution in [0.4, 0.5) is 8.39 Å². The van der Waals surface area contributed by atoms with Crippen molar-refractivity contribution in [3.63, 3.8) is 0 Å². The summed E-state index contributed by atoms with van der Waals surface area (Å²) in [7, 11) is -12.0. The van der Waals surface area contributed by atoms with Gasteiger partial charge in [-0.25, -0.2) is 4.31 Å². The van der Waals surface area contributed by atoms with E-state index in [1.807, 2.05) is 0 Å². The van der Waals surface area contributed by atoms with E-state index in [4.69, 9.17) is 0 Å². The second kappa shape index (κ2) is 5.94. The Bertz CT molecular complexity index is 161. The molecule has 2 atom stereocenters. The Balaban J connectivity index is -0.000000320. The molecule has 0 fully saturated rings. The van der Waals surface area contributed by atoms with Crippen LogP contribution in [0.5, 0.6) is 0 Å². The summed E-state index contributed by atoms with van der Waals surface area (Å²) in [5.74, 6) is 0. The Kier molecular flexibility index (Phi) is 9.85. The van der Waals surface area contributed by atoms with Crippen molar-refractivity contribution in [3.8, 4) is 0 Å². The van der Waals surface area contributed by atoms with Crippen molar-refractivity contribution in [1.82, 2.24) is 0 Å². The first-order valence-electron chi connectivity index (χ1n) is 1.43. The molecular formula is F2Li2O5P2. The van der Waals surface area contributed by atoms with Gasteiger partial charge in [-0.05, 0) is 0 Å². The molecule has 0 radical (unpaired) electrons. The average Bonchev–Trinajstić information content (AvgIpc) is 1.14. The van der Waals surface area contributed by atoms with Crippen molar-refractivity contribution in [3.05, 3.63) is 0 Å². The van der Waals surface area contributed by atoms with Gasteiger partial charge in [-0.2, -0.15) is 8.39 Å². The average molecular weight is 194 g/mol. The first-order valence-corrected chi connectivity index (χ1v) is 4.30. The maximum Gasteiger partial charge on any atom is 1.00 e. The Morgan fingerprint density at radius 1 is 1.00 bits per heavy atom. The van der Waals surface area contributed by atoms with Crippen LogP contribution < -0.4 is 47.5 Å². The van der Waals surface area contributed by atoms with Crippen LogP contribution in [0.3, 0.4) is 0 Å². The van der Waals surface area contributed by atoms with E-state index in [9.17, 15) is 27.3 Å². The molecule has 0 rings (SSSR count). The number of hydrogen-bond acceptors (Lipinski definition) is 5.